The van der Waals surface area contributed by atoms with Gasteiger partial charge in [0.25, 0.3) is 0 Å². The quantitative estimate of drug-likeness (QED) is 0.796. The predicted octanol–water partition coefficient (Wildman–Crippen LogP) is 2.63. The van der Waals surface area contributed by atoms with Gasteiger partial charge in [0.05, 0.1) is 12.1 Å². The molecule has 5 nitrogen and oxygen atoms in total. The molecule has 1 saturated heterocycles. The first-order valence-electron chi connectivity index (χ1n) is 7.20. The van der Waals surface area contributed by atoms with Crippen molar-refractivity contribution in [3.8, 4) is 0 Å². The minimum Gasteiger partial charge on any atom is -0.444 e. The highest BCUT2D eigenvalue weighted by Gasteiger charge is 2.40. The Morgan fingerprint density at radius 3 is 2.35 bits per heavy atom. The summed E-state index contributed by atoms with van der Waals surface area (Å²) in [6, 6.07) is -0.0891. The van der Waals surface area contributed by atoms with E-state index >= 15 is 0 Å². The number of carbonyl (C=O) groups excluding carboxylic acids is 2. The first-order chi connectivity index (χ1) is 9.17. The molecule has 0 radical (unpaired) electrons. The van der Waals surface area contributed by atoms with E-state index in [0.29, 0.717) is 6.54 Å². The first kappa shape index (κ1) is 17.0. The van der Waals surface area contributed by atoms with Crippen molar-refractivity contribution in [2.75, 3.05) is 13.7 Å². The van der Waals surface area contributed by atoms with Crippen LogP contribution in [-0.4, -0.2) is 48.2 Å². The molecule has 0 aromatic rings. The van der Waals surface area contributed by atoms with Gasteiger partial charge >= 0.3 is 6.09 Å². The van der Waals surface area contributed by atoms with Crippen LogP contribution in [0.1, 0.15) is 47.5 Å². The Kier molecular flexibility index (Phi) is 5.57. The Balaban J connectivity index is 2.82. The van der Waals surface area contributed by atoms with Gasteiger partial charge in [0.15, 0.2) is 0 Å². The van der Waals surface area contributed by atoms with Crippen molar-refractivity contribution >= 4 is 11.9 Å². The molecule has 1 fully saturated rings. The van der Waals surface area contributed by atoms with E-state index in [0.717, 1.165) is 12.8 Å². The summed E-state index contributed by atoms with van der Waals surface area (Å²) in [6.45, 7) is 9.61. The van der Waals surface area contributed by atoms with Crippen molar-refractivity contribution in [2.45, 2.75) is 65.2 Å². The number of ether oxygens (including phenoxy) is 2. The molecule has 0 aliphatic carbocycles. The second-order valence-corrected chi connectivity index (χ2v) is 6.48. The number of hydrogen-bond acceptors (Lipinski definition) is 4. The minimum absolute atomic E-state index is 0.0767. The van der Waals surface area contributed by atoms with Crippen LogP contribution >= 0.6 is 0 Å². The van der Waals surface area contributed by atoms with E-state index in [1.54, 1.807) is 18.9 Å². The molecule has 0 aromatic heterocycles. The lowest BCUT2D eigenvalue weighted by Gasteiger charge is -2.34. The Hall–Kier alpha value is -1.10. The Bertz CT molecular complexity index is 361. The monoisotopic (exact) mass is 285 g/mol. The van der Waals surface area contributed by atoms with Gasteiger partial charge in [-0.15, -0.1) is 0 Å². The van der Waals surface area contributed by atoms with Gasteiger partial charge in [-0.2, -0.15) is 0 Å². The zero-order valence-corrected chi connectivity index (χ0v) is 13.4. The summed E-state index contributed by atoms with van der Waals surface area (Å²) in [5.74, 6) is -0.152. The summed E-state index contributed by atoms with van der Waals surface area (Å²) in [4.78, 5) is 25.5. The standard InChI is InChI=1S/C15H27NO4/c1-10(11(2)17)13(19-6)12-8-7-9-16(12)14(18)20-15(3,4)5/h10,12-13H,7-9H2,1-6H3/t10-,12-,13+/m0/s1. The highest BCUT2D eigenvalue weighted by Crippen LogP contribution is 2.28. The zero-order valence-electron chi connectivity index (χ0n) is 13.4. The van der Waals surface area contributed by atoms with Crippen LogP contribution in [0.15, 0.2) is 0 Å². The molecule has 1 amide bonds. The summed E-state index contributed by atoms with van der Waals surface area (Å²) in [5, 5.41) is 0. The van der Waals surface area contributed by atoms with Crippen molar-refractivity contribution in [1.82, 2.24) is 4.90 Å². The molecule has 0 saturated carbocycles. The third kappa shape index (κ3) is 4.20. The Morgan fingerprint density at radius 2 is 1.90 bits per heavy atom. The molecule has 1 aliphatic rings. The van der Waals surface area contributed by atoms with Gasteiger partial charge in [-0.25, -0.2) is 4.79 Å². The molecule has 20 heavy (non-hydrogen) atoms. The summed E-state index contributed by atoms with van der Waals surface area (Å²) in [5.41, 5.74) is -0.515. The molecule has 1 rings (SSSR count). The van der Waals surface area contributed by atoms with Gasteiger partial charge in [0.1, 0.15) is 11.4 Å². The second kappa shape index (κ2) is 6.57. The smallest absolute Gasteiger partial charge is 0.410 e. The van der Waals surface area contributed by atoms with E-state index in [-0.39, 0.29) is 29.9 Å². The topological polar surface area (TPSA) is 55.8 Å². The fourth-order valence-corrected chi connectivity index (χ4v) is 2.61. The fraction of sp³-hybridized carbons (Fsp3) is 0.867. The van der Waals surface area contributed by atoms with Crippen molar-refractivity contribution in [2.24, 2.45) is 5.92 Å². The van der Waals surface area contributed by atoms with Crippen LogP contribution in [0.3, 0.4) is 0 Å². The number of carbonyl (C=O) groups is 2. The predicted molar refractivity (Wildman–Crippen MR) is 76.6 cm³/mol. The van der Waals surface area contributed by atoms with Gasteiger partial charge < -0.3 is 14.4 Å². The van der Waals surface area contributed by atoms with E-state index in [2.05, 4.69) is 0 Å². The number of amides is 1. The third-order valence-corrected chi connectivity index (χ3v) is 3.71. The van der Waals surface area contributed by atoms with Crippen LogP contribution in [0, 0.1) is 5.92 Å². The molecule has 0 unspecified atom stereocenters. The van der Waals surface area contributed by atoms with Crippen LogP contribution in [0.5, 0.6) is 0 Å². The Labute approximate surface area is 121 Å². The largest absolute Gasteiger partial charge is 0.444 e. The molecular weight excluding hydrogens is 258 g/mol. The third-order valence-electron chi connectivity index (χ3n) is 3.71. The number of rotatable bonds is 4. The molecule has 1 heterocycles. The number of Topliss-reactive ketones (excluding diaryl/α,β-unsaturated/α-hetero) is 1. The highest BCUT2D eigenvalue weighted by atomic mass is 16.6. The van der Waals surface area contributed by atoms with E-state index in [1.807, 2.05) is 27.7 Å². The zero-order chi connectivity index (χ0) is 15.5. The molecule has 5 heteroatoms. The number of likely N-dealkylation sites (tertiary alicyclic amines) is 1. The molecule has 116 valence electrons. The molecule has 1 aliphatic heterocycles. The lowest BCUT2D eigenvalue weighted by Crippen LogP contribution is -2.48. The number of nitrogens with zero attached hydrogens (tertiary/aromatic N) is 1. The number of methoxy groups -OCH3 is 1. The van der Waals surface area contributed by atoms with Gasteiger partial charge in [-0.1, -0.05) is 6.92 Å². The van der Waals surface area contributed by atoms with E-state index in [1.165, 1.54) is 0 Å². The maximum atomic E-state index is 12.2. The summed E-state index contributed by atoms with van der Waals surface area (Å²) < 4.78 is 10.9. The fourth-order valence-electron chi connectivity index (χ4n) is 2.61. The number of ketones is 1. The first-order valence-corrected chi connectivity index (χ1v) is 7.20. The van der Waals surface area contributed by atoms with Crippen molar-refractivity contribution in [1.29, 1.82) is 0 Å². The minimum atomic E-state index is -0.515. The molecule has 3 atom stereocenters. The van der Waals surface area contributed by atoms with E-state index in [9.17, 15) is 9.59 Å². The maximum Gasteiger partial charge on any atom is 0.410 e. The average molecular weight is 285 g/mol. The lowest BCUT2D eigenvalue weighted by atomic mass is 9.93. The molecule has 0 bridgehead atoms. The molecule has 0 N–H and O–H groups in total. The summed E-state index contributed by atoms with van der Waals surface area (Å²) in [6.07, 6.45) is 1.16. The van der Waals surface area contributed by atoms with Gasteiger partial charge in [-0.05, 0) is 40.5 Å². The van der Waals surface area contributed by atoms with Crippen LogP contribution in [0.4, 0.5) is 4.79 Å². The van der Waals surface area contributed by atoms with Crippen molar-refractivity contribution in [3.05, 3.63) is 0 Å². The van der Waals surface area contributed by atoms with Gasteiger partial charge in [-0.3, -0.25) is 4.79 Å². The SMILES string of the molecule is CO[C@H]([C@@H](C)C(C)=O)[C@@H]1CCCN1C(=O)OC(C)(C)C. The van der Waals surface area contributed by atoms with Crippen molar-refractivity contribution < 1.29 is 19.1 Å². The average Bonchev–Trinajstić information content (AvgIpc) is 2.76. The second-order valence-electron chi connectivity index (χ2n) is 6.48. The van der Waals surface area contributed by atoms with Crippen molar-refractivity contribution in [3.63, 3.8) is 0 Å². The van der Waals surface area contributed by atoms with Gasteiger partial charge in [0, 0.05) is 19.6 Å². The van der Waals surface area contributed by atoms with Crippen LogP contribution in [-0.2, 0) is 14.3 Å². The molecular formula is C15H27NO4. The van der Waals surface area contributed by atoms with E-state index in [4.69, 9.17) is 9.47 Å². The summed E-state index contributed by atoms with van der Waals surface area (Å²) >= 11 is 0. The highest BCUT2D eigenvalue weighted by molar-refractivity contribution is 5.78. The van der Waals surface area contributed by atoms with Crippen LogP contribution in [0.2, 0.25) is 0 Å². The van der Waals surface area contributed by atoms with E-state index < -0.39 is 5.60 Å². The summed E-state index contributed by atoms with van der Waals surface area (Å²) in [7, 11) is 1.59. The lowest BCUT2D eigenvalue weighted by molar-refractivity contribution is -0.126. The normalized spacial score (nSPS) is 22.5. The maximum absolute atomic E-state index is 12.2. The molecule has 0 aromatic carbocycles. The Morgan fingerprint density at radius 1 is 1.30 bits per heavy atom. The van der Waals surface area contributed by atoms with Crippen LogP contribution in [0.25, 0.3) is 0 Å². The van der Waals surface area contributed by atoms with Gasteiger partial charge in [0.2, 0.25) is 0 Å². The molecule has 0 spiro atoms. The number of hydrogen-bond donors (Lipinski definition) is 0. The van der Waals surface area contributed by atoms with Crippen LogP contribution < -0.4 is 0 Å².